The molecule has 4 heteroatoms. The van der Waals surface area contributed by atoms with Crippen molar-refractivity contribution in [3.05, 3.63) is 23.9 Å². The molecule has 1 fully saturated rings. The Morgan fingerprint density at radius 2 is 2.38 bits per heavy atom. The predicted octanol–water partition coefficient (Wildman–Crippen LogP) is 1.64. The molecule has 2 atom stereocenters. The monoisotopic (exact) mass is 238 g/mol. The minimum Gasteiger partial charge on any atom is -0.313 e. The van der Waals surface area contributed by atoms with Gasteiger partial charge < -0.3 is 5.32 Å². The predicted molar refractivity (Wildman–Crippen MR) is 65.9 cm³/mol. The molecule has 2 rings (SSSR count). The first kappa shape index (κ1) is 11.7. The lowest BCUT2D eigenvalue weighted by Crippen LogP contribution is -2.38. The topological polar surface area (TPSA) is 42.0 Å². The van der Waals surface area contributed by atoms with Gasteiger partial charge in [-0.1, -0.05) is 12.5 Å². The van der Waals surface area contributed by atoms with Gasteiger partial charge in [0.25, 0.3) is 0 Å². The third kappa shape index (κ3) is 3.12. The van der Waals surface area contributed by atoms with Crippen molar-refractivity contribution in [3.8, 4) is 0 Å². The molecule has 1 aromatic heterocycles. The van der Waals surface area contributed by atoms with E-state index in [1.165, 1.54) is 12.8 Å². The van der Waals surface area contributed by atoms with Crippen LogP contribution in [0.5, 0.6) is 0 Å². The Labute approximate surface area is 99.1 Å². The maximum atomic E-state index is 12.0. The molecule has 0 spiro atoms. The van der Waals surface area contributed by atoms with Crippen molar-refractivity contribution in [1.82, 2.24) is 10.3 Å². The summed E-state index contributed by atoms with van der Waals surface area (Å²) in [7, 11) is -0.963. The second-order valence-electron chi connectivity index (χ2n) is 4.33. The molecule has 0 bridgehead atoms. The number of rotatable bonds is 3. The summed E-state index contributed by atoms with van der Waals surface area (Å²) in [5.74, 6) is 0.691. The zero-order valence-corrected chi connectivity index (χ0v) is 10.4. The quantitative estimate of drug-likeness (QED) is 0.870. The standard InChI is InChI=1S/C12H18N2OS/c1-10-5-6-12(14-8-10)16(15)9-11-4-2-3-7-13-11/h5-6,8,11,13H,2-4,7,9H2,1H3. The van der Waals surface area contributed by atoms with Gasteiger partial charge in [0, 0.05) is 18.0 Å². The minimum atomic E-state index is -0.963. The number of hydrogen-bond donors (Lipinski definition) is 1. The van der Waals surface area contributed by atoms with E-state index in [1.54, 1.807) is 6.20 Å². The molecule has 1 N–H and O–H groups in total. The van der Waals surface area contributed by atoms with Gasteiger partial charge >= 0.3 is 0 Å². The third-order valence-corrected chi connectivity index (χ3v) is 4.30. The molecule has 2 heterocycles. The fourth-order valence-corrected chi connectivity index (χ4v) is 3.13. The Morgan fingerprint density at radius 1 is 1.50 bits per heavy atom. The Kier molecular flexibility index (Phi) is 4.07. The smallest absolute Gasteiger partial charge is 0.127 e. The first-order valence-electron chi connectivity index (χ1n) is 5.80. The molecule has 0 aromatic carbocycles. The first-order chi connectivity index (χ1) is 7.75. The van der Waals surface area contributed by atoms with Gasteiger partial charge in [0.1, 0.15) is 5.03 Å². The van der Waals surface area contributed by atoms with Crippen molar-refractivity contribution < 1.29 is 4.21 Å². The molecule has 1 aliphatic rings. The number of aryl methyl sites for hydroxylation is 1. The van der Waals surface area contributed by atoms with Crippen LogP contribution >= 0.6 is 0 Å². The summed E-state index contributed by atoms with van der Waals surface area (Å²) in [5.41, 5.74) is 1.11. The van der Waals surface area contributed by atoms with E-state index in [0.717, 1.165) is 18.5 Å². The van der Waals surface area contributed by atoms with E-state index in [-0.39, 0.29) is 0 Å². The van der Waals surface area contributed by atoms with Crippen molar-refractivity contribution in [1.29, 1.82) is 0 Å². The number of piperidine rings is 1. The van der Waals surface area contributed by atoms with Crippen molar-refractivity contribution in [2.24, 2.45) is 0 Å². The lowest BCUT2D eigenvalue weighted by molar-refractivity contribution is 0.427. The molecule has 2 unspecified atom stereocenters. The second-order valence-corrected chi connectivity index (χ2v) is 5.78. The highest BCUT2D eigenvalue weighted by atomic mass is 32.2. The van der Waals surface area contributed by atoms with E-state index in [2.05, 4.69) is 10.3 Å². The number of hydrogen-bond acceptors (Lipinski definition) is 3. The highest BCUT2D eigenvalue weighted by Gasteiger charge is 2.16. The normalized spacial score (nSPS) is 22.9. The van der Waals surface area contributed by atoms with Crippen LogP contribution in [0.4, 0.5) is 0 Å². The second kappa shape index (κ2) is 5.55. The number of aromatic nitrogens is 1. The fraction of sp³-hybridized carbons (Fsp3) is 0.583. The number of nitrogens with zero attached hydrogens (tertiary/aromatic N) is 1. The van der Waals surface area contributed by atoms with E-state index in [0.29, 0.717) is 16.8 Å². The Bertz CT molecular complexity index is 358. The van der Waals surface area contributed by atoms with Gasteiger partial charge in [-0.15, -0.1) is 0 Å². The van der Waals surface area contributed by atoms with Crippen molar-refractivity contribution in [2.75, 3.05) is 12.3 Å². The van der Waals surface area contributed by atoms with Gasteiger partial charge in [0.2, 0.25) is 0 Å². The lowest BCUT2D eigenvalue weighted by Gasteiger charge is -2.22. The van der Waals surface area contributed by atoms with Gasteiger partial charge in [-0.2, -0.15) is 0 Å². The Balaban J connectivity index is 1.94. The Morgan fingerprint density at radius 3 is 3.00 bits per heavy atom. The molecule has 1 saturated heterocycles. The summed E-state index contributed by atoms with van der Waals surface area (Å²) in [6.45, 7) is 3.05. The van der Waals surface area contributed by atoms with E-state index in [1.807, 2.05) is 19.1 Å². The average molecular weight is 238 g/mol. The van der Waals surface area contributed by atoms with Crippen LogP contribution in [-0.4, -0.2) is 27.5 Å². The van der Waals surface area contributed by atoms with Crippen LogP contribution in [0.1, 0.15) is 24.8 Å². The van der Waals surface area contributed by atoms with E-state index in [9.17, 15) is 4.21 Å². The van der Waals surface area contributed by atoms with E-state index < -0.39 is 10.8 Å². The van der Waals surface area contributed by atoms with Gasteiger partial charge in [0.15, 0.2) is 0 Å². The molecular formula is C12H18N2OS. The molecule has 0 saturated carbocycles. The number of pyridine rings is 1. The zero-order chi connectivity index (χ0) is 11.4. The summed E-state index contributed by atoms with van der Waals surface area (Å²) in [4.78, 5) is 4.22. The van der Waals surface area contributed by atoms with Gasteiger partial charge in [-0.25, -0.2) is 4.98 Å². The van der Waals surface area contributed by atoms with Crippen molar-refractivity contribution >= 4 is 10.8 Å². The molecular weight excluding hydrogens is 220 g/mol. The maximum Gasteiger partial charge on any atom is 0.127 e. The largest absolute Gasteiger partial charge is 0.313 e. The zero-order valence-electron chi connectivity index (χ0n) is 9.61. The first-order valence-corrected chi connectivity index (χ1v) is 7.12. The molecule has 16 heavy (non-hydrogen) atoms. The van der Waals surface area contributed by atoms with Crippen LogP contribution in [0.15, 0.2) is 23.4 Å². The van der Waals surface area contributed by atoms with Crippen LogP contribution in [0.25, 0.3) is 0 Å². The fourth-order valence-electron chi connectivity index (χ4n) is 1.92. The summed E-state index contributed by atoms with van der Waals surface area (Å²) < 4.78 is 12.0. The van der Waals surface area contributed by atoms with Crippen molar-refractivity contribution in [3.63, 3.8) is 0 Å². The maximum absolute atomic E-state index is 12.0. The van der Waals surface area contributed by atoms with Crippen LogP contribution in [0, 0.1) is 6.92 Å². The lowest BCUT2D eigenvalue weighted by atomic mass is 10.1. The summed E-state index contributed by atoms with van der Waals surface area (Å²) in [6, 6.07) is 4.24. The van der Waals surface area contributed by atoms with Crippen molar-refractivity contribution in [2.45, 2.75) is 37.3 Å². The molecule has 1 aromatic rings. The van der Waals surface area contributed by atoms with Crippen LogP contribution in [0.2, 0.25) is 0 Å². The van der Waals surface area contributed by atoms with Gasteiger partial charge in [0.05, 0.1) is 10.8 Å². The van der Waals surface area contributed by atoms with Gasteiger partial charge in [-0.3, -0.25) is 4.21 Å². The van der Waals surface area contributed by atoms with E-state index in [4.69, 9.17) is 0 Å². The highest BCUT2D eigenvalue weighted by molar-refractivity contribution is 7.85. The molecule has 0 aliphatic carbocycles. The highest BCUT2D eigenvalue weighted by Crippen LogP contribution is 2.11. The molecule has 88 valence electrons. The average Bonchev–Trinajstić information content (AvgIpc) is 2.31. The minimum absolute atomic E-state index is 0.401. The molecule has 0 amide bonds. The SMILES string of the molecule is Cc1ccc(S(=O)CC2CCCCN2)nc1. The summed E-state index contributed by atoms with van der Waals surface area (Å²) in [5, 5.41) is 4.12. The van der Waals surface area contributed by atoms with Crippen LogP contribution < -0.4 is 5.32 Å². The van der Waals surface area contributed by atoms with Crippen LogP contribution in [0.3, 0.4) is 0 Å². The summed E-state index contributed by atoms with van der Waals surface area (Å²) in [6.07, 6.45) is 5.40. The number of nitrogens with one attached hydrogen (secondary N) is 1. The molecule has 3 nitrogen and oxygen atoms in total. The third-order valence-electron chi connectivity index (χ3n) is 2.88. The molecule has 0 radical (unpaired) electrons. The Hall–Kier alpha value is -0.740. The van der Waals surface area contributed by atoms with E-state index >= 15 is 0 Å². The van der Waals surface area contributed by atoms with Crippen LogP contribution in [-0.2, 0) is 10.8 Å². The van der Waals surface area contributed by atoms with Gasteiger partial charge in [-0.05, 0) is 37.9 Å². The molecule has 1 aliphatic heterocycles. The summed E-state index contributed by atoms with van der Waals surface area (Å²) >= 11 is 0.